The van der Waals surface area contributed by atoms with E-state index in [9.17, 15) is 34.2 Å². The molecule has 3 aliphatic carbocycles. The molecule has 0 aromatic rings. The summed E-state index contributed by atoms with van der Waals surface area (Å²) in [4.78, 5) is 64.0. The fourth-order valence-electron chi connectivity index (χ4n) is 9.65. The van der Waals surface area contributed by atoms with Crippen molar-refractivity contribution in [2.24, 2.45) is 34.0 Å². The van der Waals surface area contributed by atoms with Gasteiger partial charge in [-0.05, 0) is 74.7 Å². The van der Waals surface area contributed by atoms with Crippen molar-refractivity contribution >= 4 is 29.3 Å². The monoisotopic (exact) mass is 656 g/mol. The molecule has 0 saturated heterocycles. The highest BCUT2D eigenvalue weighted by atomic mass is 16.6. The molecule has 5 aliphatic rings. The number of carboxylic acids is 1. The zero-order valence-electron chi connectivity index (χ0n) is 28.4. The Morgan fingerprint density at radius 1 is 1.06 bits per heavy atom. The number of carbonyl (C=O) groups is 5. The molecule has 3 saturated carbocycles. The summed E-state index contributed by atoms with van der Waals surface area (Å²) in [5, 5.41) is 30.8. The number of rotatable bonds is 8. The first kappa shape index (κ1) is 35.2. The second-order valence-corrected chi connectivity index (χ2v) is 16.2. The maximum atomic E-state index is 13.9. The molecule has 2 heterocycles. The Morgan fingerprint density at radius 2 is 1.72 bits per heavy atom. The molecule has 3 fully saturated rings. The Bertz CT molecular complexity index is 1480. The van der Waals surface area contributed by atoms with Gasteiger partial charge >= 0.3 is 11.9 Å². The van der Waals surface area contributed by atoms with Crippen LogP contribution >= 0.6 is 0 Å². The number of Topliss-reactive ketones (excluding diaryl/α,β-unsaturated/α-hetero) is 2. The van der Waals surface area contributed by atoms with Gasteiger partial charge in [0.25, 0.3) is 0 Å². The van der Waals surface area contributed by atoms with Crippen molar-refractivity contribution in [2.45, 2.75) is 123 Å². The highest BCUT2D eigenvalue weighted by Gasteiger charge is 2.68. The lowest BCUT2D eigenvalue weighted by Gasteiger charge is -2.61. The minimum Gasteiger partial charge on any atom is -0.481 e. The van der Waals surface area contributed by atoms with Gasteiger partial charge in [0.05, 0.1) is 24.5 Å². The van der Waals surface area contributed by atoms with Gasteiger partial charge in [0.2, 0.25) is 5.78 Å². The van der Waals surface area contributed by atoms with Crippen molar-refractivity contribution in [3.8, 4) is 0 Å². The van der Waals surface area contributed by atoms with Crippen LogP contribution in [0.5, 0.6) is 0 Å². The summed E-state index contributed by atoms with van der Waals surface area (Å²) in [6.45, 7) is 16.5. The number of ketones is 3. The van der Waals surface area contributed by atoms with Gasteiger partial charge in [-0.15, -0.1) is 0 Å². The van der Waals surface area contributed by atoms with E-state index >= 15 is 0 Å². The third-order valence-corrected chi connectivity index (χ3v) is 11.9. The van der Waals surface area contributed by atoms with Crippen LogP contribution in [0.1, 0.15) is 93.4 Å². The van der Waals surface area contributed by atoms with Gasteiger partial charge < -0.3 is 29.5 Å². The molecule has 0 aromatic heterocycles. The molecule has 11 nitrogen and oxygen atoms in total. The second-order valence-electron chi connectivity index (χ2n) is 16.2. The Morgan fingerprint density at radius 3 is 2.30 bits per heavy atom. The van der Waals surface area contributed by atoms with Crippen molar-refractivity contribution in [2.75, 3.05) is 0 Å². The molecule has 3 N–H and O–H groups in total. The smallest absolute Gasteiger partial charge is 0.309 e. The third-order valence-electron chi connectivity index (χ3n) is 11.9. The summed E-state index contributed by atoms with van der Waals surface area (Å²) in [7, 11) is 0. The Balaban J connectivity index is 1.38. The zero-order valence-corrected chi connectivity index (χ0v) is 28.4. The van der Waals surface area contributed by atoms with Gasteiger partial charge in [0.1, 0.15) is 11.5 Å². The lowest BCUT2D eigenvalue weighted by Crippen LogP contribution is -2.61. The quantitative estimate of drug-likeness (QED) is 0.255. The van der Waals surface area contributed by atoms with E-state index in [1.165, 1.54) is 13.0 Å². The lowest BCUT2D eigenvalue weighted by atomic mass is 9.42. The van der Waals surface area contributed by atoms with E-state index < -0.39 is 76.6 Å². The number of carboxylic acid groups (broad SMARTS) is 1. The van der Waals surface area contributed by atoms with E-state index in [4.69, 9.17) is 19.3 Å². The average molecular weight is 657 g/mol. The maximum absolute atomic E-state index is 13.9. The van der Waals surface area contributed by atoms with Gasteiger partial charge in [-0.3, -0.25) is 24.0 Å². The van der Waals surface area contributed by atoms with Crippen LogP contribution in [0.3, 0.4) is 0 Å². The van der Waals surface area contributed by atoms with Crippen molar-refractivity contribution in [1.29, 1.82) is 0 Å². The first-order valence-electron chi connectivity index (χ1n) is 16.4. The SMILES string of the molecule is C=C(C1=CC(=O)C(C)(C)O1)[C@H]1CC=C([C@H]2C(=O)C[C@H]3[C@]4(C)C[C@H](OC(=O)C[C@@](C)(O)CC(=O)O)C(=O)C(C)(C)[C@H]4CC[C@]23C)[C@@H](O)O1. The van der Waals surface area contributed by atoms with Crippen molar-refractivity contribution < 1.29 is 53.5 Å². The molecule has 5 rings (SSSR count). The normalized spacial score (nSPS) is 38.7. The van der Waals surface area contributed by atoms with Crippen LogP contribution in [-0.2, 0) is 38.2 Å². The van der Waals surface area contributed by atoms with Gasteiger partial charge in [0, 0.05) is 29.4 Å². The predicted octanol–water partition coefficient (Wildman–Crippen LogP) is 3.99. The number of hydrogen-bond donors (Lipinski definition) is 3. The molecule has 0 radical (unpaired) electrons. The molecule has 0 amide bonds. The molecule has 9 atom stereocenters. The summed E-state index contributed by atoms with van der Waals surface area (Å²) >= 11 is 0. The largest absolute Gasteiger partial charge is 0.481 e. The van der Waals surface area contributed by atoms with Crippen molar-refractivity contribution in [3.63, 3.8) is 0 Å². The van der Waals surface area contributed by atoms with Crippen LogP contribution in [-0.4, -0.2) is 74.3 Å². The minimum absolute atomic E-state index is 0.0206. The molecule has 0 aromatic carbocycles. The standard InChI is InChI=1S/C36H48O11/c1-18(22-14-26(38)33(4,5)47-22)21-10-9-19(31(43)46-21)29-20(37)13-25-35(29,7)12-11-24-32(2,3)30(42)23(15-36(24,25)8)45-28(41)17-34(6,44)16-27(39)40/h9,14,21,23-25,29,31,43-44H,1,10-13,15-17H2,2-8H3,(H,39,40)/t21-,23+,24-,25-,29+,31+,34+,35+,36-/m1/s1. The molecule has 0 spiro atoms. The van der Waals surface area contributed by atoms with Crippen LogP contribution in [0.4, 0.5) is 0 Å². The molecule has 11 heteroatoms. The number of aliphatic carboxylic acids is 1. The fourth-order valence-corrected chi connectivity index (χ4v) is 9.65. The number of carbonyl (C=O) groups excluding carboxylic acids is 4. The van der Waals surface area contributed by atoms with Crippen molar-refractivity contribution in [1.82, 2.24) is 0 Å². The van der Waals surface area contributed by atoms with Gasteiger partial charge in [-0.25, -0.2) is 0 Å². The highest BCUT2D eigenvalue weighted by molar-refractivity contribution is 5.99. The summed E-state index contributed by atoms with van der Waals surface area (Å²) in [6, 6.07) is 0. The number of aliphatic hydroxyl groups excluding tert-OH is 1. The second kappa shape index (κ2) is 11.5. The minimum atomic E-state index is -1.84. The molecule has 0 bridgehead atoms. The molecule has 2 aliphatic heterocycles. The number of esters is 1. The molecular weight excluding hydrogens is 608 g/mol. The first-order valence-corrected chi connectivity index (χ1v) is 16.4. The van der Waals surface area contributed by atoms with E-state index in [0.29, 0.717) is 36.2 Å². The molecule has 258 valence electrons. The number of aliphatic hydroxyl groups is 2. The fraction of sp³-hybridized carbons (Fsp3) is 0.694. The predicted molar refractivity (Wildman–Crippen MR) is 167 cm³/mol. The molecule has 0 unspecified atom stereocenters. The Labute approximate surface area is 275 Å². The van der Waals surface area contributed by atoms with Crippen LogP contribution in [0.15, 0.2) is 35.6 Å². The number of fused-ring (bicyclic) bond motifs is 3. The Hall–Kier alpha value is -3.15. The van der Waals surface area contributed by atoms with Crippen LogP contribution in [0.25, 0.3) is 0 Å². The summed E-state index contributed by atoms with van der Waals surface area (Å²) in [5.41, 5.74) is -3.95. The van der Waals surface area contributed by atoms with E-state index in [1.54, 1.807) is 13.8 Å². The van der Waals surface area contributed by atoms with E-state index in [1.807, 2.05) is 19.9 Å². The highest BCUT2D eigenvalue weighted by Crippen LogP contribution is 2.69. The van der Waals surface area contributed by atoms with Gasteiger partial charge in [-0.2, -0.15) is 0 Å². The lowest BCUT2D eigenvalue weighted by molar-refractivity contribution is -0.189. The van der Waals surface area contributed by atoms with Gasteiger partial charge in [0.15, 0.2) is 23.8 Å². The third kappa shape index (κ3) is 5.93. The average Bonchev–Trinajstić information content (AvgIpc) is 3.36. The molecule has 47 heavy (non-hydrogen) atoms. The summed E-state index contributed by atoms with van der Waals surface area (Å²) in [5.74, 6) is -3.15. The maximum Gasteiger partial charge on any atom is 0.309 e. The summed E-state index contributed by atoms with van der Waals surface area (Å²) < 4.78 is 17.5. The van der Waals surface area contributed by atoms with Crippen molar-refractivity contribution in [3.05, 3.63) is 35.6 Å². The van der Waals surface area contributed by atoms with Crippen LogP contribution in [0, 0.1) is 34.0 Å². The van der Waals surface area contributed by atoms with E-state index in [-0.39, 0.29) is 42.0 Å². The topological polar surface area (TPSA) is 174 Å². The summed E-state index contributed by atoms with van der Waals surface area (Å²) in [6.07, 6.45) is 0.912. The first-order chi connectivity index (χ1) is 21.5. The van der Waals surface area contributed by atoms with Gasteiger partial charge in [-0.1, -0.05) is 40.3 Å². The number of ether oxygens (including phenoxy) is 3. The number of hydrogen-bond acceptors (Lipinski definition) is 10. The molecular formula is C36H48O11. The van der Waals surface area contributed by atoms with Crippen LogP contribution < -0.4 is 0 Å². The zero-order chi connectivity index (χ0) is 35.1. The van der Waals surface area contributed by atoms with E-state index in [0.717, 1.165) is 0 Å². The Kier molecular flexibility index (Phi) is 8.59. The van der Waals surface area contributed by atoms with Crippen LogP contribution in [0.2, 0.25) is 0 Å². The van der Waals surface area contributed by atoms with E-state index in [2.05, 4.69) is 20.4 Å².